The number of H-pyrrole nitrogens is 1. The van der Waals surface area contributed by atoms with Crippen molar-refractivity contribution >= 4 is 5.91 Å². The molecule has 4 rings (SSSR count). The first-order valence-corrected chi connectivity index (χ1v) is 9.00. The number of likely N-dealkylation sites (tertiary alicyclic amines) is 1. The van der Waals surface area contributed by atoms with Crippen molar-refractivity contribution in [3.05, 3.63) is 69.6 Å². The van der Waals surface area contributed by atoms with Crippen molar-refractivity contribution < 1.29 is 4.79 Å². The van der Waals surface area contributed by atoms with E-state index >= 15 is 0 Å². The number of amides is 1. The lowest BCUT2D eigenvalue weighted by atomic mass is 10.0. The Kier molecular flexibility index (Phi) is 4.40. The lowest BCUT2D eigenvalue weighted by molar-refractivity contribution is 0.0875. The van der Waals surface area contributed by atoms with E-state index in [1.807, 2.05) is 0 Å². The van der Waals surface area contributed by atoms with E-state index in [4.69, 9.17) is 0 Å². The normalized spacial score (nSPS) is 21.0. The molecule has 1 amide bonds. The van der Waals surface area contributed by atoms with Crippen LogP contribution >= 0.6 is 0 Å². The molecule has 0 spiro atoms. The van der Waals surface area contributed by atoms with Gasteiger partial charge in [-0.05, 0) is 55.5 Å². The first-order valence-electron chi connectivity index (χ1n) is 9.00. The molecular formula is C20H23N3O2. The van der Waals surface area contributed by atoms with E-state index in [1.165, 1.54) is 11.1 Å². The van der Waals surface area contributed by atoms with Gasteiger partial charge in [-0.2, -0.15) is 0 Å². The van der Waals surface area contributed by atoms with Gasteiger partial charge in [0.15, 0.2) is 0 Å². The van der Waals surface area contributed by atoms with Crippen molar-refractivity contribution in [2.75, 3.05) is 13.1 Å². The van der Waals surface area contributed by atoms with Crippen LogP contribution in [-0.4, -0.2) is 41.0 Å². The molecule has 1 atom stereocenters. The van der Waals surface area contributed by atoms with Crippen LogP contribution < -0.4 is 10.9 Å². The van der Waals surface area contributed by atoms with E-state index in [0.717, 1.165) is 38.8 Å². The van der Waals surface area contributed by atoms with Crippen LogP contribution in [0.15, 0.2) is 47.4 Å². The third-order valence-electron chi connectivity index (χ3n) is 5.40. The van der Waals surface area contributed by atoms with E-state index < -0.39 is 0 Å². The number of aromatic nitrogens is 1. The van der Waals surface area contributed by atoms with Crippen molar-refractivity contribution in [1.29, 1.82) is 0 Å². The summed E-state index contributed by atoms with van der Waals surface area (Å²) in [6.07, 6.45) is 5.76. The number of carbonyl (C=O) groups is 1. The van der Waals surface area contributed by atoms with Gasteiger partial charge in [0.25, 0.3) is 11.5 Å². The Labute approximate surface area is 147 Å². The summed E-state index contributed by atoms with van der Waals surface area (Å²) in [6.45, 7) is 1.94. The van der Waals surface area contributed by atoms with Gasteiger partial charge in [-0.3, -0.25) is 14.5 Å². The molecule has 1 aliphatic heterocycles. The monoisotopic (exact) mass is 337 g/mol. The zero-order valence-corrected chi connectivity index (χ0v) is 14.2. The molecule has 130 valence electrons. The molecule has 0 radical (unpaired) electrons. The molecule has 1 aromatic carbocycles. The SMILES string of the molecule is O=C(NC1CCCN(C2Cc3ccccc3C2)C1)c1ccc[nH]c1=O. The number of carbonyl (C=O) groups excluding carboxylic acids is 1. The second kappa shape index (κ2) is 6.84. The van der Waals surface area contributed by atoms with Crippen LogP contribution in [0.5, 0.6) is 0 Å². The summed E-state index contributed by atoms with van der Waals surface area (Å²) >= 11 is 0. The third kappa shape index (κ3) is 3.37. The Morgan fingerprint density at radius 3 is 2.60 bits per heavy atom. The maximum absolute atomic E-state index is 12.4. The van der Waals surface area contributed by atoms with E-state index in [9.17, 15) is 9.59 Å². The molecule has 2 aliphatic rings. The van der Waals surface area contributed by atoms with Crippen LogP contribution in [-0.2, 0) is 12.8 Å². The van der Waals surface area contributed by atoms with E-state index in [1.54, 1.807) is 18.3 Å². The van der Waals surface area contributed by atoms with Crippen LogP contribution in [0.25, 0.3) is 0 Å². The summed E-state index contributed by atoms with van der Waals surface area (Å²) in [4.78, 5) is 29.2. The molecule has 0 bridgehead atoms. The molecule has 2 N–H and O–H groups in total. The van der Waals surface area contributed by atoms with Gasteiger partial charge in [-0.1, -0.05) is 24.3 Å². The van der Waals surface area contributed by atoms with Crippen LogP contribution in [0.2, 0.25) is 0 Å². The molecule has 1 aromatic heterocycles. The quantitative estimate of drug-likeness (QED) is 0.897. The first-order chi connectivity index (χ1) is 12.2. The van der Waals surface area contributed by atoms with E-state index in [-0.39, 0.29) is 23.1 Å². The third-order valence-corrected chi connectivity index (χ3v) is 5.40. The molecule has 1 unspecified atom stereocenters. The fraction of sp³-hybridized carbons (Fsp3) is 0.400. The lowest BCUT2D eigenvalue weighted by Gasteiger charge is -2.37. The van der Waals surface area contributed by atoms with Gasteiger partial charge in [0, 0.05) is 24.8 Å². The second-order valence-electron chi connectivity index (χ2n) is 7.05. The Bertz CT molecular complexity index is 804. The zero-order valence-electron chi connectivity index (χ0n) is 14.2. The van der Waals surface area contributed by atoms with Crippen molar-refractivity contribution in [3.63, 3.8) is 0 Å². The number of pyridine rings is 1. The van der Waals surface area contributed by atoms with Gasteiger partial charge < -0.3 is 10.3 Å². The second-order valence-corrected chi connectivity index (χ2v) is 7.05. The van der Waals surface area contributed by atoms with Gasteiger partial charge in [0.05, 0.1) is 0 Å². The zero-order chi connectivity index (χ0) is 17.2. The summed E-state index contributed by atoms with van der Waals surface area (Å²) < 4.78 is 0. The highest BCUT2D eigenvalue weighted by molar-refractivity contribution is 5.93. The van der Waals surface area contributed by atoms with E-state index in [0.29, 0.717) is 6.04 Å². The van der Waals surface area contributed by atoms with Gasteiger partial charge in [0.2, 0.25) is 0 Å². The summed E-state index contributed by atoms with van der Waals surface area (Å²) in [5, 5.41) is 3.05. The number of hydrogen-bond donors (Lipinski definition) is 2. The van der Waals surface area contributed by atoms with Crippen molar-refractivity contribution in [2.45, 2.75) is 37.8 Å². The summed E-state index contributed by atoms with van der Waals surface area (Å²) in [6, 6.07) is 12.5. The van der Waals surface area contributed by atoms with Crippen molar-refractivity contribution in [1.82, 2.24) is 15.2 Å². The highest BCUT2D eigenvalue weighted by Crippen LogP contribution is 2.27. The minimum atomic E-state index is -0.334. The predicted molar refractivity (Wildman–Crippen MR) is 96.8 cm³/mol. The first kappa shape index (κ1) is 16.1. The highest BCUT2D eigenvalue weighted by Gasteiger charge is 2.31. The maximum Gasteiger partial charge on any atom is 0.260 e. The Morgan fingerprint density at radius 2 is 1.88 bits per heavy atom. The van der Waals surface area contributed by atoms with Gasteiger partial charge in [0.1, 0.15) is 5.56 Å². The average Bonchev–Trinajstić information content (AvgIpc) is 3.06. The molecule has 5 nitrogen and oxygen atoms in total. The van der Waals surface area contributed by atoms with Crippen LogP contribution in [0.3, 0.4) is 0 Å². The molecule has 25 heavy (non-hydrogen) atoms. The molecule has 1 aliphatic carbocycles. The van der Waals surface area contributed by atoms with Crippen molar-refractivity contribution in [3.8, 4) is 0 Å². The average molecular weight is 337 g/mol. The topological polar surface area (TPSA) is 65.2 Å². The number of aromatic amines is 1. The van der Waals surface area contributed by atoms with Gasteiger partial charge >= 0.3 is 0 Å². The minimum Gasteiger partial charge on any atom is -0.348 e. The Balaban J connectivity index is 1.40. The van der Waals surface area contributed by atoms with Gasteiger partial charge in [-0.25, -0.2) is 0 Å². The highest BCUT2D eigenvalue weighted by atomic mass is 16.2. The maximum atomic E-state index is 12.4. The van der Waals surface area contributed by atoms with Crippen LogP contribution in [0.1, 0.15) is 34.3 Å². The lowest BCUT2D eigenvalue weighted by Crippen LogP contribution is -2.51. The molecule has 1 saturated heterocycles. The van der Waals surface area contributed by atoms with Crippen LogP contribution in [0.4, 0.5) is 0 Å². The summed E-state index contributed by atoms with van der Waals surface area (Å²) in [5.74, 6) is -0.275. The molecule has 2 aromatic rings. The number of nitrogens with one attached hydrogen (secondary N) is 2. The number of benzene rings is 1. The molecular weight excluding hydrogens is 314 g/mol. The number of fused-ring (bicyclic) bond motifs is 1. The minimum absolute atomic E-state index is 0.101. The smallest absolute Gasteiger partial charge is 0.260 e. The Morgan fingerprint density at radius 1 is 1.12 bits per heavy atom. The molecule has 5 heteroatoms. The molecule has 1 fully saturated rings. The largest absolute Gasteiger partial charge is 0.348 e. The number of nitrogens with zero attached hydrogens (tertiary/aromatic N) is 1. The number of rotatable bonds is 3. The van der Waals surface area contributed by atoms with E-state index in [2.05, 4.69) is 39.5 Å². The number of piperidine rings is 1. The predicted octanol–water partition coefficient (Wildman–Crippen LogP) is 1.74. The van der Waals surface area contributed by atoms with Crippen LogP contribution in [0, 0.1) is 0 Å². The van der Waals surface area contributed by atoms with Crippen molar-refractivity contribution in [2.24, 2.45) is 0 Å². The fourth-order valence-corrected chi connectivity index (χ4v) is 4.11. The molecule has 2 heterocycles. The van der Waals surface area contributed by atoms with Gasteiger partial charge in [-0.15, -0.1) is 0 Å². The Hall–Kier alpha value is -2.40. The standard InChI is InChI=1S/C20H23N3O2/c24-19-18(8-3-9-21-19)20(25)22-16-7-4-10-23(13-16)17-11-14-5-1-2-6-15(14)12-17/h1-3,5-6,8-9,16-17H,4,7,10-13H2,(H,21,24)(H,22,25). The molecule has 0 saturated carbocycles. The summed E-state index contributed by atoms with van der Waals surface area (Å²) in [5.41, 5.74) is 2.76. The summed E-state index contributed by atoms with van der Waals surface area (Å²) in [7, 11) is 0. The fourth-order valence-electron chi connectivity index (χ4n) is 4.11. The number of hydrogen-bond acceptors (Lipinski definition) is 3.